The number of piperidine rings is 1. The highest BCUT2D eigenvalue weighted by Gasteiger charge is 2.43. The monoisotopic (exact) mass is 404 g/mol. The Kier molecular flexibility index (Phi) is 6.04. The van der Waals surface area contributed by atoms with E-state index in [9.17, 15) is 22.8 Å². The summed E-state index contributed by atoms with van der Waals surface area (Å²) in [7, 11) is 0. The highest BCUT2D eigenvalue weighted by molar-refractivity contribution is 9.10. The van der Waals surface area contributed by atoms with E-state index in [0.717, 1.165) is 14.9 Å². The van der Waals surface area contributed by atoms with Gasteiger partial charge in [-0.05, 0) is 30.5 Å². The van der Waals surface area contributed by atoms with Crippen molar-refractivity contribution in [3.8, 4) is 0 Å². The van der Waals surface area contributed by atoms with E-state index in [1.54, 1.807) is 6.08 Å². The molecular formula is C16H16BrF3N2O2. The lowest BCUT2D eigenvalue weighted by Gasteiger charge is -2.32. The second-order valence-electron chi connectivity index (χ2n) is 5.43. The SMILES string of the molecule is O=C(/C=C/c1ccccc1Br)NC1CCN(C(=O)C(F)(F)F)CC1. The number of nitrogens with one attached hydrogen (secondary N) is 1. The first kappa shape index (κ1) is 18.5. The van der Waals surface area contributed by atoms with Gasteiger partial charge in [-0.2, -0.15) is 13.2 Å². The zero-order valence-corrected chi connectivity index (χ0v) is 14.2. The lowest BCUT2D eigenvalue weighted by Crippen LogP contribution is -2.49. The third-order valence-electron chi connectivity index (χ3n) is 3.69. The van der Waals surface area contributed by atoms with Gasteiger partial charge >= 0.3 is 12.1 Å². The molecule has 0 bridgehead atoms. The van der Waals surface area contributed by atoms with Crippen LogP contribution < -0.4 is 5.32 Å². The van der Waals surface area contributed by atoms with E-state index in [0.29, 0.717) is 12.8 Å². The molecule has 0 saturated carbocycles. The van der Waals surface area contributed by atoms with Gasteiger partial charge in [0.2, 0.25) is 5.91 Å². The van der Waals surface area contributed by atoms with Crippen LogP contribution in [0.4, 0.5) is 13.2 Å². The molecule has 0 spiro atoms. The summed E-state index contributed by atoms with van der Waals surface area (Å²) in [6.45, 7) is -0.0333. The fourth-order valence-corrected chi connectivity index (χ4v) is 2.85. The molecule has 0 radical (unpaired) electrons. The van der Waals surface area contributed by atoms with E-state index in [1.165, 1.54) is 6.08 Å². The Morgan fingerprint density at radius 2 is 1.83 bits per heavy atom. The molecule has 0 atom stereocenters. The van der Waals surface area contributed by atoms with Crippen LogP contribution in [-0.2, 0) is 9.59 Å². The van der Waals surface area contributed by atoms with Gasteiger partial charge in [0.15, 0.2) is 0 Å². The van der Waals surface area contributed by atoms with E-state index < -0.39 is 12.1 Å². The van der Waals surface area contributed by atoms with Crippen molar-refractivity contribution < 1.29 is 22.8 Å². The van der Waals surface area contributed by atoms with Crippen molar-refractivity contribution in [1.29, 1.82) is 0 Å². The normalized spacial score (nSPS) is 16.4. The lowest BCUT2D eigenvalue weighted by atomic mass is 10.0. The predicted octanol–water partition coefficient (Wildman–Crippen LogP) is 3.13. The standard InChI is InChI=1S/C16H16BrF3N2O2/c17-13-4-2-1-3-11(13)5-6-14(23)21-12-7-9-22(10-8-12)15(24)16(18,19)20/h1-6,12H,7-10H2,(H,21,23)/b6-5+. The number of benzene rings is 1. The number of hydrogen-bond donors (Lipinski definition) is 1. The quantitative estimate of drug-likeness (QED) is 0.786. The Balaban J connectivity index is 1.82. The van der Waals surface area contributed by atoms with Crippen molar-refractivity contribution in [2.24, 2.45) is 0 Å². The summed E-state index contributed by atoms with van der Waals surface area (Å²) in [5, 5.41) is 2.75. The molecule has 1 aromatic carbocycles. The molecule has 1 aliphatic rings. The van der Waals surface area contributed by atoms with Gasteiger partial charge in [-0.25, -0.2) is 0 Å². The Morgan fingerprint density at radius 1 is 1.21 bits per heavy atom. The second kappa shape index (κ2) is 7.83. The first-order valence-electron chi connectivity index (χ1n) is 7.36. The Bertz CT molecular complexity index is 638. The molecule has 2 rings (SSSR count). The Hall–Kier alpha value is -1.83. The molecule has 1 saturated heterocycles. The Labute approximate surface area is 145 Å². The van der Waals surface area contributed by atoms with Crippen molar-refractivity contribution in [3.05, 3.63) is 40.4 Å². The smallest absolute Gasteiger partial charge is 0.350 e. The molecule has 8 heteroatoms. The van der Waals surface area contributed by atoms with E-state index in [1.807, 2.05) is 24.3 Å². The lowest BCUT2D eigenvalue weighted by molar-refractivity contribution is -0.186. The zero-order chi connectivity index (χ0) is 17.7. The number of halogens is 4. The molecule has 1 aliphatic heterocycles. The van der Waals surface area contributed by atoms with Crippen LogP contribution in [0.25, 0.3) is 6.08 Å². The number of carbonyl (C=O) groups excluding carboxylic acids is 2. The van der Waals surface area contributed by atoms with Crippen molar-refractivity contribution in [2.75, 3.05) is 13.1 Å². The van der Waals surface area contributed by atoms with Crippen LogP contribution in [0.1, 0.15) is 18.4 Å². The summed E-state index contributed by atoms with van der Waals surface area (Å²) in [4.78, 5) is 23.8. The predicted molar refractivity (Wildman–Crippen MR) is 87.0 cm³/mol. The summed E-state index contributed by atoms with van der Waals surface area (Å²) < 4.78 is 37.9. The van der Waals surface area contributed by atoms with Gasteiger partial charge in [0.05, 0.1) is 0 Å². The van der Waals surface area contributed by atoms with Gasteiger partial charge in [-0.3, -0.25) is 9.59 Å². The van der Waals surface area contributed by atoms with Crippen molar-refractivity contribution in [2.45, 2.75) is 25.1 Å². The molecular weight excluding hydrogens is 389 g/mol. The van der Waals surface area contributed by atoms with Gasteiger partial charge < -0.3 is 10.2 Å². The van der Waals surface area contributed by atoms with Crippen LogP contribution in [-0.4, -0.2) is 42.0 Å². The molecule has 1 N–H and O–H groups in total. The average Bonchev–Trinajstić information content (AvgIpc) is 2.53. The fourth-order valence-electron chi connectivity index (χ4n) is 2.43. The first-order valence-corrected chi connectivity index (χ1v) is 8.16. The maximum atomic E-state index is 12.4. The van der Waals surface area contributed by atoms with E-state index in [-0.39, 0.29) is 25.0 Å². The number of likely N-dealkylation sites (tertiary alicyclic amines) is 1. The first-order chi connectivity index (χ1) is 11.3. The molecule has 4 nitrogen and oxygen atoms in total. The van der Waals surface area contributed by atoms with Crippen molar-refractivity contribution >= 4 is 33.8 Å². The molecule has 2 amide bonds. The second-order valence-corrected chi connectivity index (χ2v) is 6.28. The zero-order valence-electron chi connectivity index (χ0n) is 12.6. The number of nitrogens with zero attached hydrogens (tertiary/aromatic N) is 1. The average molecular weight is 405 g/mol. The minimum Gasteiger partial charge on any atom is -0.350 e. The summed E-state index contributed by atoms with van der Waals surface area (Å²) in [6.07, 6.45) is -1.20. The maximum absolute atomic E-state index is 12.4. The summed E-state index contributed by atoms with van der Waals surface area (Å²) in [5.41, 5.74) is 0.846. The molecule has 0 aliphatic carbocycles. The topological polar surface area (TPSA) is 49.4 Å². The van der Waals surface area contributed by atoms with Gasteiger partial charge in [-0.15, -0.1) is 0 Å². The molecule has 24 heavy (non-hydrogen) atoms. The van der Waals surface area contributed by atoms with Gasteiger partial charge in [0, 0.05) is 29.7 Å². The van der Waals surface area contributed by atoms with Crippen LogP contribution in [0.15, 0.2) is 34.8 Å². The van der Waals surface area contributed by atoms with Crippen molar-refractivity contribution in [1.82, 2.24) is 10.2 Å². The highest BCUT2D eigenvalue weighted by atomic mass is 79.9. The summed E-state index contributed by atoms with van der Waals surface area (Å²) >= 11 is 3.37. The summed E-state index contributed by atoms with van der Waals surface area (Å²) in [5.74, 6) is -2.13. The third-order valence-corrected chi connectivity index (χ3v) is 4.41. The molecule has 1 fully saturated rings. The largest absolute Gasteiger partial charge is 0.471 e. The minimum absolute atomic E-state index is 0.0166. The number of rotatable bonds is 3. The molecule has 1 heterocycles. The van der Waals surface area contributed by atoms with Crippen LogP contribution in [0.3, 0.4) is 0 Å². The Morgan fingerprint density at radius 3 is 2.42 bits per heavy atom. The number of alkyl halides is 3. The minimum atomic E-state index is -4.85. The number of carbonyl (C=O) groups is 2. The summed E-state index contributed by atoms with van der Waals surface area (Å²) in [6, 6.07) is 7.16. The number of hydrogen-bond acceptors (Lipinski definition) is 2. The molecule has 0 unspecified atom stereocenters. The number of amides is 2. The van der Waals surface area contributed by atoms with Gasteiger partial charge in [0.25, 0.3) is 0 Å². The van der Waals surface area contributed by atoms with Gasteiger partial charge in [-0.1, -0.05) is 34.1 Å². The van der Waals surface area contributed by atoms with Crippen LogP contribution in [0, 0.1) is 0 Å². The van der Waals surface area contributed by atoms with E-state index in [4.69, 9.17) is 0 Å². The highest BCUT2D eigenvalue weighted by Crippen LogP contribution is 2.21. The van der Waals surface area contributed by atoms with Gasteiger partial charge in [0.1, 0.15) is 0 Å². The molecule has 1 aromatic rings. The molecule has 130 valence electrons. The maximum Gasteiger partial charge on any atom is 0.471 e. The van der Waals surface area contributed by atoms with E-state index >= 15 is 0 Å². The van der Waals surface area contributed by atoms with Crippen LogP contribution in [0.5, 0.6) is 0 Å². The molecule has 0 aromatic heterocycles. The third kappa shape index (κ3) is 5.09. The van der Waals surface area contributed by atoms with Crippen molar-refractivity contribution in [3.63, 3.8) is 0 Å². The van der Waals surface area contributed by atoms with E-state index in [2.05, 4.69) is 21.2 Å². The fraction of sp³-hybridized carbons (Fsp3) is 0.375. The van der Waals surface area contributed by atoms with Crippen LogP contribution >= 0.6 is 15.9 Å². The van der Waals surface area contributed by atoms with Crippen LogP contribution in [0.2, 0.25) is 0 Å².